The van der Waals surface area contributed by atoms with Gasteiger partial charge in [0.05, 0.1) is 18.8 Å². The molecule has 2 rings (SSSR count). The second kappa shape index (κ2) is 9.06. The van der Waals surface area contributed by atoms with Crippen LogP contribution in [0.1, 0.15) is 56.0 Å². The molecule has 1 N–H and O–H groups in total. The minimum Gasteiger partial charge on any atom is -0.383 e. The van der Waals surface area contributed by atoms with Crippen LogP contribution in [0.25, 0.3) is 0 Å². The van der Waals surface area contributed by atoms with Gasteiger partial charge in [-0.1, -0.05) is 19.3 Å². The molecular formula is C18H32N4O2. The summed E-state index contributed by atoms with van der Waals surface area (Å²) < 4.78 is 7.08. The molecule has 6 heteroatoms. The van der Waals surface area contributed by atoms with Crippen molar-refractivity contribution in [2.45, 2.75) is 72.0 Å². The van der Waals surface area contributed by atoms with Crippen LogP contribution < -0.4 is 5.32 Å². The summed E-state index contributed by atoms with van der Waals surface area (Å²) in [4.78, 5) is 14.6. The topological polar surface area (TPSA) is 59.4 Å². The molecule has 6 nitrogen and oxygen atoms in total. The molecule has 1 aromatic heterocycles. The summed E-state index contributed by atoms with van der Waals surface area (Å²) in [5.41, 5.74) is 3.19. The Labute approximate surface area is 145 Å². The van der Waals surface area contributed by atoms with Crippen LogP contribution in [0.15, 0.2) is 0 Å². The van der Waals surface area contributed by atoms with Crippen molar-refractivity contribution >= 4 is 6.03 Å². The van der Waals surface area contributed by atoms with E-state index >= 15 is 0 Å². The standard InChI is InChI=1S/C18H32N4O2/c1-5-21(16-9-7-6-8-10-16)18(23)19-13-17-14(2)20-22(15(17)3)11-12-24-4/h16H,5-13H2,1-4H3,(H,19,23). The van der Waals surface area contributed by atoms with Gasteiger partial charge in [0.15, 0.2) is 0 Å². The molecule has 0 saturated heterocycles. The van der Waals surface area contributed by atoms with E-state index in [9.17, 15) is 4.79 Å². The second-order valence-corrected chi connectivity index (χ2v) is 6.60. The van der Waals surface area contributed by atoms with Crippen molar-refractivity contribution in [3.63, 3.8) is 0 Å². The van der Waals surface area contributed by atoms with E-state index in [1.54, 1.807) is 7.11 Å². The van der Waals surface area contributed by atoms with Crippen LogP contribution in [0.3, 0.4) is 0 Å². The number of rotatable bonds is 7. The summed E-state index contributed by atoms with van der Waals surface area (Å²) in [7, 11) is 1.69. The molecule has 0 bridgehead atoms. The highest BCUT2D eigenvalue weighted by atomic mass is 16.5. The van der Waals surface area contributed by atoms with E-state index in [1.807, 2.05) is 16.5 Å². The van der Waals surface area contributed by atoms with Crippen LogP contribution in [-0.4, -0.2) is 47.0 Å². The van der Waals surface area contributed by atoms with Gasteiger partial charge in [-0.3, -0.25) is 4.68 Å². The van der Waals surface area contributed by atoms with Gasteiger partial charge in [0.25, 0.3) is 0 Å². The van der Waals surface area contributed by atoms with Gasteiger partial charge in [-0.2, -0.15) is 5.10 Å². The van der Waals surface area contributed by atoms with Crippen molar-refractivity contribution in [1.29, 1.82) is 0 Å². The molecule has 1 aliphatic carbocycles. The third-order valence-corrected chi connectivity index (χ3v) is 5.07. The zero-order chi connectivity index (χ0) is 17.5. The van der Waals surface area contributed by atoms with Crippen molar-refractivity contribution in [2.75, 3.05) is 20.3 Å². The Morgan fingerprint density at radius 2 is 2.04 bits per heavy atom. The van der Waals surface area contributed by atoms with E-state index in [2.05, 4.69) is 24.3 Å². The van der Waals surface area contributed by atoms with Crippen LogP contribution in [0, 0.1) is 13.8 Å². The zero-order valence-electron chi connectivity index (χ0n) is 15.6. The third-order valence-electron chi connectivity index (χ3n) is 5.07. The van der Waals surface area contributed by atoms with Crippen LogP contribution in [-0.2, 0) is 17.8 Å². The maximum Gasteiger partial charge on any atom is 0.317 e. The molecule has 1 aromatic rings. The van der Waals surface area contributed by atoms with Crippen LogP contribution in [0.5, 0.6) is 0 Å². The second-order valence-electron chi connectivity index (χ2n) is 6.60. The van der Waals surface area contributed by atoms with Crippen molar-refractivity contribution in [1.82, 2.24) is 20.0 Å². The number of ether oxygens (including phenoxy) is 1. The Morgan fingerprint density at radius 1 is 1.33 bits per heavy atom. The smallest absolute Gasteiger partial charge is 0.317 e. The number of aryl methyl sites for hydroxylation is 1. The summed E-state index contributed by atoms with van der Waals surface area (Å²) in [5, 5.41) is 7.65. The van der Waals surface area contributed by atoms with Gasteiger partial charge in [0.1, 0.15) is 0 Å². The summed E-state index contributed by atoms with van der Waals surface area (Å²) in [5.74, 6) is 0. The van der Waals surface area contributed by atoms with Crippen LogP contribution >= 0.6 is 0 Å². The molecule has 1 fully saturated rings. The number of nitrogens with one attached hydrogen (secondary N) is 1. The fourth-order valence-corrected chi connectivity index (χ4v) is 3.61. The fraction of sp³-hybridized carbons (Fsp3) is 0.778. The third kappa shape index (κ3) is 4.50. The number of aromatic nitrogens is 2. The van der Waals surface area contributed by atoms with Gasteiger partial charge in [0, 0.05) is 37.5 Å². The van der Waals surface area contributed by atoms with E-state index in [1.165, 1.54) is 19.3 Å². The monoisotopic (exact) mass is 336 g/mol. The lowest BCUT2D eigenvalue weighted by molar-refractivity contribution is 0.159. The molecular weight excluding hydrogens is 304 g/mol. The molecule has 0 unspecified atom stereocenters. The molecule has 0 aliphatic heterocycles. The van der Waals surface area contributed by atoms with E-state index in [0.717, 1.165) is 42.9 Å². The van der Waals surface area contributed by atoms with Gasteiger partial charge in [-0.25, -0.2) is 4.79 Å². The lowest BCUT2D eigenvalue weighted by Crippen LogP contribution is -2.46. The molecule has 24 heavy (non-hydrogen) atoms. The van der Waals surface area contributed by atoms with Crippen LogP contribution in [0.2, 0.25) is 0 Å². The minimum atomic E-state index is 0.0489. The number of carbonyl (C=O) groups excluding carboxylic acids is 1. The molecule has 0 spiro atoms. The van der Waals surface area contributed by atoms with Gasteiger partial charge in [0.2, 0.25) is 0 Å². The highest BCUT2D eigenvalue weighted by molar-refractivity contribution is 5.74. The highest BCUT2D eigenvalue weighted by Crippen LogP contribution is 2.22. The Hall–Kier alpha value is -1.56. The SMILES string of the molecule is CCN(C(=O)NCc1c(C)nn(CCOC)c1C)C1CCCCC1. The van der Waals surface area contributed by atoms with Gasteiger partial charge >= 0.3 is 6.03 Å². The summed E-state index contributed by atoms with van der Waals surface area (Å²) in [6.07, 6.45) is 6.04. The number of hydrogen-bond donors (Lipinski definition) is 1. The number of nitrogens with zero attached hydrogens (tertiary/aromatic N) is 3. The fourth-order valence-electron chi connectivity index (χ4n) is 3.61. The molecule has 0 atom stereocenters. The molecule has 0 radical (unpaired) electrons. The van der Waals surface area contributed by atoms with E-state index in [-0.39, 0.29) is 6.03 Å². The van der Waals surface area contributed by atoms with Crippen molar-refractivity contribution < 1.29 is 9.53 Å². The lowest BCUT2D eigenvalue weighted by Gasteiger charge is -2.33. The largest absolute Gasteiger partial charge is 0.383 e. The average Bonchev–Trinajstić information content (AvgIpc) is 2.86. The molecule has 136 valence electrons. The summed E-state index contributed by atoms with van der Waals surface area (Å²) >= 11 is 0. The Bertz CT molecular complexity index is 535. The number of carbonyl (C=O) groups is 1. The van der Waals surface area contributed by atoms with E-state index in [0.29, 0.717) is 19.2 Å². The number of hydrogen-bond acceptors (Lipinski definition) is 3. The number of urea groups is 1. The Kier molecular flexibility index (Phi) is 7.09. The quantitative estimate of drug-likeness (QED) is 0.832. The summed E-state index contributed by atoms with van der Waals surface area (Å²) in [6, 6.07) is 0.447. The van der Waals surface area contributed by atoms with Crippen molar-refractivity contribution in [3.8, 4) is 0 Å². The first-order valence-electron chi connectivity index (χ1n) is 9.14. The average molecular weight is 336 g/mol. The first kappa shape index (κ1) is 18.8. The molecule has 0 aromatic carbocycles. The van der Waals surface area contributed by atoms with Crippen LogP contribution in [0.4, 0.5) is 4.79 Å². The molecule has 1 saturated carbocycles. The predicted octanol–water partition coefficient (Wildman–Crippen LogP) is 3.01. The molecule has 2 amide bonds. The highest BCUT2D eigenvalue weighted by Gasteiger charge is 2.24. The van der Waals surface area contributed by atoms with Gasteiger partial charge < -0.3 is 15.0 Å². The Balaban J connectivity index is 1.96. The zero-order valence-corrected chi connectivity index (χ0v) is 15.6. The van der Waals surface area contributed by atoms with E-state index < -0.39 is 0 Å². The predicted molar refractivity (Wildman–Crippen MR) is 95.1 cm³/mol. The number of amides is 2. The first-order valence-corrected chi connectivity index (χ1v) is 9.14. The summed E-state index contributed by atoms with van der Waals surface area (Å²) in [6.45, 7) is 8.79. The lowest BCUT2D eigenvalue weighted by atomic mass is 9.94. The van der Waals surface area contributed by atoms with Crippen molar-refractivity contribution in [3.05, 3.63) is 17.0 Å². The van der Waals surface area contributed by atoms with Crippen molar-refractivity contribution in [2.24, 2.45) is 0 Å². The normalized spacial score (nSPS) is 15.5. The molecule has 1 heterocycles. The maximum absolute atomic E-state index is 12.6. The Morgan fingerprint density at radius 3 is 2.67 bits per heavy atom. The number of methoxy groups -OCH3 is 1. The van der Waals surface area contributed by atoms with Gasteiger partial charge in [-0.15, -0.1) is 0 Å². The first-order chi connectivity index (χ1) is 11.6. The van der Waals surface area contributed by atoms with Gasteiger partial charge in [-0.05, 0) is 33.6 Å². The van der Waals surface area contributed by atoms with E-state index in [4.69, 9.17) is 4.74 Å². The maximum atomic E-state index is 12.6. The molecule has 1 aliphatic rings. The minimum absolute atomic E-state index is 0.0489.